The number of aromatic nitrogens is 4. The van der Waals surface area contributed by atoms with Gasteiger partial charge in [-0.05, 0) is 38.1 Å². The van der Waals surface area contributed by atoms with Gasteiger partial charge in [0, 0.05) is 6.92 Å². The summed E-state index contributed by atoms with van der Waals surface area (Å²) in [7, 11) is 0. The first-order valence-corrected chi connectivity index (χ1v) is 10.3. The minimum absolute atomic E-state index is 0.0225. The van der Waals surface area contributed by atoms with E-state index in [4.69, 9.17) is 28.9 Å². The number of ether oxygens (including phenoxy) is 3. The minimum Gasteiger partial charge on any atom is -0.485 e. The lowest BCUT2D eigenvalue weighted by Gasteiger charge is -2.07. The zero-order valence-electron chi connectivity index (χ0n) is 18.7. The highest BCUT2D eigenvalue weighted by Crippen LogP contribution is 2.29. The van der Waals surface area contributed by atoms with Gasteiger partial charge in [-0.15, -0.1) is 0 Å². The fourth-order valence-electron chi connectivity index (χ4n) is 3.15. The molecule has 0 spiro atoms. The molecule has 0 fully saturated rings. The van der Waals surface area contributed by atoms with Crippen LogP contribution < -0.4 is 10.5 Å². The van der Waals surface area contributed by atoms with Gasteiger partial charge in [-0.2, -0.15) is 9.97 Å². The van der Waals surface area contributed by atoms with Gasteiger partial charge in [-0.25, -0.2) is 14.6 Å². The molecular weight excluding hydrogens is 446 g/mol. The number of fused-ring (bicyclic) bond motifs is 1. The van der Waals surface area contributed by atoms with Crippen molar-refractivity contribution in [3.05, 3.63) is 58.7 Å². The van der Waals surface area contributed by atoms with Gasteiger partial charge in [0.15, 0.2) is 19.0 Å². The molecule has 0 atom stereocenters. The first-order chi connectivity index (χ1) is 16.4. The Bertz CT molecular complexity index is 1340. The molecule has 3 aromatic heterocycles. The lowest BCUT2D eigenvalue weighted by molar-refractivity contribution is 0.0461. The number of rotatable bonds is 8. The highest BCUT2D eigenvalue weighted by Gasteiger charge is 2.24. The van der Waals surface area contributed by atoms with Crippen molar-refractivity contribution < 1.29 is 32.7 Å². The summed E-state index contributed by atoms with van der Waals surface area (Å²) in [6, 6.07) is 6.34. The average Bonchev–Trinajstić information content (AvgIpc) is 3.38. The number of furan rings is 1. The second-order valence-corrected chi connectivity index (χ2v) is 7.08. The summed E-state index contributed by atoms with van der Waals surface area (Å²) in [5, 5.41) is 4.00. The largest absolute Gasteiger partial charge is 0.485 e. The molecule has 0 radical (unpaired) electrons. The molecule has 0 aliphatic carbocycles. The molecule has 1 aromatic carbocycles. The third-order valence-electron chi connectivity index (χ3n) is 4.64. The third-order valence-corrected chi connectivity index (χ3v) is 4.64. The van der Waals surface area contributed by atoms with Crippen LogP contribution in [-0.2, 0) is 22.7 Å². The SMILES string of the molecule is CCOC(=O)c1c(C)oc2nc(COC(=O)c3ccc(OCc4noc(C)n4)cc3)nc(N)c12. The summed E-state index contributed by atoms with van der Waals surface area (Å²) in [5.74, 6) is 0.665. The number of anilines is 1. The second kappa shape index (κ2) is 9.57. The van der Waals surface area contributed by atoms with Crippen molar-refractivity contribution in [3.63, 3.8) is 0 Å². The lowest BCUT2D eigenvalue weighted by atomic mass is 10.2. The van der Waals surface area contributed by atoms with Crippen LogP contribution >= 0.6 is 0 Å². The van der Waals surface area contributed by atoms with Gasteiger partial charge in [-0.3, -0.25) is 0 Å². The summed E-state index contributed by atoms with van der Waals surface area (Å²) in [6.45, 7) is 5.06. The molecule has 0 saturated carbocycles. The fourth-order valence-corrected chi connectivity index (χ4v) is 3.15. The van der Waals surface area contributed by atoms with E-state index in [-0.39, 0.29) is 48.1 Å². The maximum Gasteiger partial charge on any atom is 0.342 e. The number of aryl methyl sites for hydroxylation is 2. The predicted octanol–water partition coefficient (Wildman–Crippen LogP) is 2.92. The van der Waals surface area contributed by atoms with Crippen molar-refractivity contribution in [2.24, 2.45) is 0 Å². The smallest absolute Gasteiger partial charge is 0.342 e. The average molecular weight is 467 g/mol. The van der Waals surface area contributed by atoms with Crippen LogP contribution in [0.5, 0.6) is 5.75 Å². The third kappa shape index (κ3) is 4.80. The summed E-state index contributed by atoms with van der Waals surface area (Å²) in [5.41, 5.74) is 6.61. The van der Waals surface area contributed by atoms with E-state index in [0.717, 1.165) is 0 Å². The predicted molar refractivity (Wildman–Crippen MR) is 116 cm³/mol. The van der Waals surface area contributed by atoms with Crippen LogP contribution in [0.25, 0.3) is 11.1 Å². The number of benzene rings is 1. The molecule has 34 heavy (non-hydrogen) atoms. The molecule has 12 heteroatoms. The summed E-state index contributed by atoms with van der Waals surface area (Å²) in [6.07, 6.45) is 0. The maximum atomic E-state index is 12.4. The van der Waals surface area contributed by atoms with Crippen LogP contribution in [0.1, 0.15) is 50.9 Å². The standard InChI is InChI=1S/C22H21N5O7/c1-4-30-22(29)17-11(2)33-20-18(17)19(23)25-15(26-20)9-32-21(28)13-5-7-14(8-6-13)31-10-16-24-12(3)34-27-16/h5-8H,4,9-10H2,1-3H3,(H2,23,25,26). The van der Waals surface area contributed by atoms with E-state index in [2.05, 4.69) is 20.1 Å². The van der Waals surface area contributed by atoms with E-state index >= 15 is 0 Å². The topological polar surface area (TPSA) is 166 Å². The number of nitrogens with two attached hydrogens (primary N) is 1. The number of nitrogen functional groups attached to an aromatic ring is 1. The quantitative estimate of drug-likeness (QED) is 0.377. The van der Waals surface area contributed by atoms with Gasteiger partial charge in [0.25, 0.3) is 0 Å². The van der Waals surface area contributed by atoms with Crippen molar-refractivity contribution in [3.8, 4) is 5.75 Å². The van der Waals surface area contributed by atoms with Gasteiger partial charge < -0.3 is 28.9 Å². The Hall–Kier alpha value is -4.48. The van der Waals surface area contributed by atoms with Crippen molar-refractivity contribution >= 4 is 28.9 Å². The Labute approximate surface area is 193 Å². The molecule has 4 rings (SSSR count). The van der Waals surface area contributed by atoms with E-state index in [1.165, 1.54) is 0 Å². The molecule has 176 valence electrons. The maximum absolute atomic E-state index is 12.4. The normalized spacial score (nSPS) is 10.9. The Morgan fingerprint density at radius 2 is 1.74 bits per heavy atom. The number of nitrogens with zero attached hydrogens (tertiary/aromatic N) is 4. The van der Waals surface area contributed by atoms with Crippen molar-refractivity contribution in [1.29, 1.82) is 0 Å². The monoisotopic (exact) mass is 467 g/mol. The lowest BCUT2D eigenvalue weighted by Crippen LogP contribution is -2.10. The fraction of sp³-hybridized carbons (Fsp3) is 0.273. The van der Waals surface area contributed by atoms with Crippen molar-refractivity contribution in [2.75, 3.05) is 12.3 Å². The molecule has 0 bridgehead atoms. The van der Waals surface area contributed by atoms with E-state index in [1.54, 1.807) is 45.0 Å². The summed E-state index contributed by atoms with van der Waals surface area (Å²) >= 11 is 0. The Kier molecular flexibility index (Phi) is 6.39. The summed E-state index contributed by atoms with van der Waals surface area (Å²) < 4.78 is 26.3. The van der Waals surface area contributed by atoms with Gasteiger partial charge >= 0.3 is 11.9 Å². The second-order valence-electron chi connectivity index (χ2n) is 7.08. The van der Waals surface area contributed by atoms with Crippen LogP contribution in [0.2, 0.25) is 0 Å². The molecule has 12 nitrogen and oxygen atoms in total. The van der Waals surface area contributed by atoms with E-state index in [0.29, 0.717) is 28.8 Å². The van der Waals surface area contributed by atoms with E-state index in [1.807, 2.05) is 0 Å². The molecule has 0 aliphatic rings. The van der Waals surface area contributed by atoms with Gasteiger partial charge in [-0.1, -0.05) is 5.16 Å². The van der Waals surface area contributed by atoms with Crippen LogP contribution in [0.4, 0.5) is 5.82 Å². The molecule has 0 amide bonds. The number of esters is 2. The van der Waals surface area contributed by atoms with Gasteiger partial charge in [0.2, 0.25) is 17.4 Å². The zero-order chi connectivity index (χ0) is 24.2. The molecule has 2 N–H and O–H groups in total. The van der Waals surface area contributed by atoms with Crippen molar-refractivity contribution in [2.45, 2.75) is 34.0 Å². The number of carbonyl (C=O) groups is 2. The van der Waals surface area contributed by atoms with E-state index < -0.39 is 11.9 Å². The first kappa shape index (κ1) is 22.7. The molecular formula is C22H21N5O7. The highest BCUT2D eigenvalue weighted by molar-refractivity contribution is 6.07. The molecule has 0 aliphatic heterocycles. The minimum atomic E-state index is -0.592. The number of hydrogen-bond acceptors (Lipinski definition) is 12. The number of carbonyl (C=O) groups excluding carboxylic acids is 2. The molecule has 3 heterocycles. The van der Waals surface area contributed by atoms with Crippen LogP contribution in [-0.4, -0.2) is 38.7 Å². The van der Waals surface area contributed by atoms with Crippen LogP contribution in [0.3, 0.4) is 0 Å². The van der Waals surface area contributed by atoms with E-state index in [9.17, 15) is 9.59 Å². The van der Waals surface area contributed by atoms with Gasteiger partial charge in [0.1, 0.15) is 22.9 Å². The molecule has 4 aromatic rings. The molecule has 0 saturated heterocycles. The number of hydrogen-bond donors (Lipinski definition) is 1. The van der Waals surface area contributed by atoms with Crippen LogP contribution in [0, 0.1) is 13.8 Å². The summed E-state index contributed by atoms with van der Waals surface area (Å²) in [4.78, 5) is 37.0. The van der Waals surface area contributed by atoms with Crippen molar-refractivity contribution in [1.82, 2.24) is 20.1 Å². The Balaban J connectivity index is 1.40. The van der Waals surface area contributed by atoms with Crippen LogP contribution in [0.15, 0.2) is 33.2 Å². The highest BCUT2D eigenvalue weighted by atomic mass is 16.5. The molecule has 0 unspecified atom stereocenters. The van der Waals surface area contributed by atoms with Gasteiger partial charge in [0.05, 0.1) is 17.6 Å². The Morgan fingerprint density at radius 1 is 0.971 bits per heavy atom. The Morgan fingerprint density at radius 3 is 2.41 bits per heavy atom. The zero-order valence-corrected chi connectivity index (χ0v) is 18.7. The first-order valence-electron chi connectivity index (χ1n) is 10.3.